The number of carbonyl (C=O) groups excluding carboxylic acids is 2. The molecule has 0 spiro atoms. The molecule has 12 heteroatoms. The van der Waals surface area contributed by atoms with Crippen molar-refractivity contribution in [2.75, 3.05) is 81.6 Å². The van der Waals surface area contributed by atoms with Crippen molar-refractivity contribution in [3.8, 4) is 5.75 Å². The van der Waals surface area contributed by atoms with Crippen LogP contribution < -0.4 is 14.5 Å². The third kappa shape index (κ3) is 6.64. The number of amides is 2. The van der Waals surface area contributed by atoms with E-state index in [2.05, 4.69) is 31.9 Å². The van der Waals surface area contributed by atoms with Crippen LogP contribution in [0.4, 0.5) is 16.3 Å². The van der Waals surface area contributed by atoms with Crippen LogP contribution >= 0.6 is 23.4 Å². The Bertz CT molecular complexity index is 1040. The van der Waals surface area contributed by atoms with E-state index in [9.17, 15) is 9.59 Å². The Morgan fingerprint density at radius 2 is 1.58 bits per heavy atom. The number of aromatic nitrogens is 2. The summed E-state index contributed by atoms with van der Waals surface area (Å²) in [6.07, 6.45) is -0.330. The van der Waals surface area contributed by atoms with E-state index in [4.69, 9.17) is 21.1 Å². The first-order chi connectivity index (χ1) is 17.5. The third-order valence-corrected chi connectivity index (χ3v) is 7.21. The highest BCUT2D eigenvalue weighted by Gasteiger charge is 2.25. The first kappa shape index (κ1) is 26.2. The summed E-state index contributed by atoms with van der Waals surface area (Å²) in [6, 6.07) is 9.84. The normalized spacial score (nSPS) is 16.2. The zero-order valence-corrected chi connectivity index (χ0v) is 22.1. The lowest BCUT2D eigenvalue weighted by Gasteiger charge is -2.36. The van der Waals surface area contributed by atoms with E-state index in [0.717, 1.165) is 43.4 Å². The Labute approximate surface area is 220 Å². The van der Waals surface area contributed by atoms with Crippen LogP contribution in [0.15, 0.2) is 35.5 Å². The molecule has 2 aliphatic heterocycles. The molecule has 10 nitrogen and oxygen atoms in total. The van der Waals surface area contributed by atoms with E-state index < -0.39 is 0 Å². The molecular weight excluding hydrogens is 504 g/mol. The average Bonchev–Trinajstić information content (AvgIpc) is 2.92. The molecule has 36 heavy (non-hydrogen) atoms. The fourth-order valence-electron chi connectivity index (χ4n) is 4.17. The van der Waals surface area contributed by atoms with Gasteiger partial charge in [-0.2, -0.15) is 0 Å². The Morgan fingerprint density at radius 3 is 2.22 bits per heavy atom. The van der Waals surface area contributed by atoms with Gasteiger partial charge in [0.25, 0.3) is 0 Å². The number of anilines is 2. The van der Waals surface area contributed by atoms with Crippen molar-refractivity contribution in [1.29, 1.82) is 0 Å². The summed E-state index contributed by atoms with van der Waals surface area (Å²) in [4.78, 5) is 41.4. The monoisotopic (exact) mass is 534 g/mol. The number of hydrogen-bond donors (Lipinski definition) is 0. The molecule has 194 valence electrons. The first-order valence-corrected chi connectivity index (χ1v) is 13.3. The van der Waals surface area contributed by atoms with E-state index in [1.54, 1.807) is 29.9 Å². The molecule has 0 radical (unpaired) electrons. The number of nitrogens with zero attached hydrogens (tertiary/aromatic N) is 6. The van der Waals surface area contributed by atoms with Gasteiger partial charge in [0.15, 0.2) is 5.16 Å². The molecule has 1 aromatic heterocycles. The molecule has 2 saturated heterocycles. The maximum Gasteiger partial charge on any atom is 0.409 e. The first-order valence-electron chi connectivity index (χ1n) is 12.0. The Hall–Kier alpha value is -2.92. The summed E-state index contributed by atoms with van der Waals surface area (Å²) in [6.45, 7) is 7.33. The van der Waals surface area contributed by atoms with Gasteiger partial charge in [0.1, 0.15) is 16.7 Å². The van der Waals surface area contributed by atoms with Gasteiger partial charge in [-0.05, 0) is 31.2 Å². The number of thioether (sulfide) groups is 1. The summed E-state index contributed by atoms with van der Waals surface area (Å²) in [5, 5.41) is 0.837. The number of carbonyl (C=O) groups is 2. The molecule has 1 aromatic carbocycles. The molecular formula is C24H31ClN6O4S. The predicted octanol–water partition coefficient (Wildman–Crippen LogP) is 2.86. The summed E-state index contributed by atoms with van der Waals surface area (Å²) in [5.41, 5.74) is 1.16. The van der Waals surface area contributed by atoms with Crippen LogP contribution in [0.1, 0.15) is 6.92 Å². The molecule has 2 amide bonds. The zero-order chi connectivity index (χ0) is 25.5. The molecule has 2 fully saturated rings. The summed E-state index contributed by atoms with van der Waals surface area (Å²) >= 11 is 7.58. The van der Waals surface area contributed by atoms with Crippen LogP contribution in [0.25, 0.3) is 0 Å². The highest BCUT2D eigenvalue weighted by Crippen LogP contribution is 2.25. The molecule has 0 atom stereocenters. The highest BCUT2D eigenvalue weighted by atomic mass is 35.5. The Kier molecular flexibility index (Phi) is 8.98. The van der Waals surface area contributed by atoms with E-state index in [0.29, 0.717) is 43.1 Å². The van der Waals surface area contributed by atoms with Crippen molar-refractivity contribution in [2.24, 2.45) is 0 Å². The third-order valence-electron chi connectivity index (χ3n) is 6.19. The van der Waals surface area contributed by atoms with E-state index >= 15 is 0 Å². The molecule has 0 bridgehead atoms. The van der Waals surface area contributed by atoms with Crippen LogP contribution in [0.3, 0.4) is 0 Å². The number of ether oxygens (including phenoxy) is 2. The quantitative estimate of drug-likeness (QED) is 0.302. The molecule has 0 aliphatic carbocycles. The van der Waals surface area contributed by atoms with Crippen LogP contribution in [0, 0.1) is 0 Å². The second kappa shape index (κ2) is 12.4. The summed E-state index contributed by atoms with van der Waals surface area (Å²) in [7, 11) is 1.66. The van der Waals surface area contributed by atoms with Crippen molar-refractivity contribution in [2.45, 2.75) is 12.1 Å². The second-order valence-corrected chi connectivity index (χ2v) is 9.69. The van der Waals surface area contributed by atoms with Gasteiger partial charge in [0.2, 0.25) is 5.91 Å². The molecule has 3 heterocycles. The zero-order valence-electron chi connectivity index (χ0n) is 20.6. The number of halogens is 1. The second-order valence-electron chi connectivity index (χ2n) is 8.36. The van der Waals surface area contributed by atoms with Crippen LogP contribution in [0.5, 0.6) is 5.75 Å². The van der Waals surface area contributed by atoms with Gasteiger partial charge < -0.3 is 29.1 Å². The largest absolute Gasteiger partial charge is 0.497 e. The summed E-state index contributed by atoms with van der Waals surface area (Å²) in [5.74, 6) is 1.81. The fraction of sp³-hybridized carbons (Fsp3) is 0.500. The fourth-order valence-corrected chi connectivity index (χ4v) is 5.15. The molecule has 0 N–H and O–H groups in total. The smallest absolute Gasteiger partial charge is 0.409 e. The number of methoxy groups -OCH3 is 1. The number of benzene rings is 1. The minimum absolute atomic E-state index is 0.0123. The maximum atomic E-state index is 12.7. The molecule has 2 aromatic rings. The lowest BCUT2D eigenvalue weighted by Crippen LogP contribution is -2.51. The minimum atomic E-state index is -0.330. The van der Waals surface area contributed by atoms with Gasteiger partial charge in [-0.25, -0.2) is 14.8 Å². The van der Waals surface area contributed by atoms with Crippen molar-refractivity contribution in [1.82, 2.24) is 19.8 Å². The van der Waals surface area contributed by atoms with Gasteiger partial charge in [-0.1, -0.05) is 23.4 Å². The lowest BCUT2D eigenvalue weighted by molar-refractivity contribution is -0.129. The Balaban J connectivity index is 1.28. The van der Waals surface area contributed by atoms with Crippen molar-refractivity contribution < 1.29 is 19.1 Å². The van der Waals surface area contributed by atoms with Gasteiger partial charge in [-0.3, -0.25) is 4.79 Å². The number of rotatable bonds is 7. The Morgan fingerprint density at radius 1 is 0.944 bits per heavy atom. The van der Waals surface area contributed by atoms with Crippen LogP contribution in [-0.2, 0) is 9.53 Å². The maximum absolute atomic E-state index is 12.7. The van der Waals surface area contributed by atoms with E-state index in [1.165, 1.54) is 11.8 Å². The van der Waals surface area contributed by atoms with Gasteiger partial charge >= 0.3 is 6.09 Å². The SMILES string of the molecule is CCOC(=O)N1CCN(C(=O)CSc2nc(Cl)cc(N3CCN(c4ccc(OC)cc4)CC3)n2)CC1. The van der Waals surface area contributed by atoms with Crippen molar-refractivity contribution >= 4 is 46.9 Å². The number of piperazine rings is 2. The average molecular weight is 535 g/mol. The lowest BCUT2D eigenvalue weighted by atomic mass is 10.2. The highest BCUT2D eigenvalue weighted by molar-refractivity contribution is 7.99. The van der Waals surface area contributed by atoms with Crippen LogP contribution in [-0.4, -0.2) is 104 Å². The molecule has 2 aliphatic rings. The standard InChI is InChI=1S/C24H31ClN6O4S/c1-3-35-24(33)31-14-12-30(13-15-31)22(32)17-36-23-26-20(25)16-21(27-23)29-10-8-28(9-11-29)18-4-6-19(34-2)7-5-18/h4-7,16H,3,8-15,17H2,1-2H3. The molecule has 0 saturated carbocycles. The van der Waals surface area contributed by atoms with E-state index in [-0.39, 0.29) is 17.8 Å². The summed E-state index contributed by atoms with van der Waals surface area (Å²) < 4.78 is 10.3. The number of hydrogen-bond acceptors (Lipinski definition) is 9. The van der Waals surface area contributed by atoms with Crippen molar-refractivity contribution in [3.63, 3.8) is 0 Å². The molecule has 4 rings (SSSR count). The van der Waals surface area contributed by atoms with Crippen LogP contribution in [0.2, 0.25) is 5.15 Å². The van der Waals surface area contributed by atoms with E-state index in [1.807, 2.05) is 12.1 Å². The predicted molar refractivity (Wildman–Crippen MR) is 140 cm³/mol. The van der Waals surface area contributed by atoms with Gasteiger partial charge in [0, 0.05) is 64.1 Å². The topological polar surface area (TPSA) is 91.3 Å². The van der Waals surface area contributed by atoms with Crippen molar-refractivity contribution in [3.05, 3.63) is 35.5 Å². The minimum Gasteiger partial charge on any atom is -0.497 e. The van der Waals surface area contributed by atoms with Gasteiger partial charge in [-0.15, -0.1) is 0 Å². The van der Waals surface area contributed by atoms with Gasteiger partial charge in [0.05, 0.1) is 19.5 Å². The molecule has 0 unspecified atom stereocenters.